The van der Waals surface area contributed by atoms with E-state index < -0.39 is 17.7 Å². The highest BCUT2D eigenvalue weighted by Crippen LogP contribution is 2.14. The largest absolute Gasteiger partial charge is 0.465 e. The number of nitrogens with one attached hydrogen (secondary N) is 2. The third-order valence-electron chi connectivity index (χ3n) is 5.16. The summed E-state index contributed by atoms with van der Waals surface area (Å²) >= 11 is 0. The van der Waals surface area contributed by atoms with Gasteiger partial charge in [0.25, 0.3) is 5.91 Å². The molecular formula is C24H26FN5O3. The van der Waals surface area contributed by atoms with Crippen LogP contribution in [-0.2, 0) is 18.2 Å². The summed E-state index contributed by atoms with van der Waals surface area (Å²) in [5.74, 6) is -1.34. The minimum Gasteiger partial charge on any atom is -0.465 e. The van der Waals surface area contributed by atoms with Crippen LogP contribution >= 0.6 is 0 Å². The van der Waals surface area contributed by atoms with Crippen molar-refractivity contribution in [2.75, 3.05) is 19.0 Å². The van der Waals surface area contributed by atoms with E-state index in [-0.39, 0.29) is 11.5 Å². The lowest BCUT2D eigenvalue weighted by atomic mass is 10.1. The normalized spacial score (nSPS) is 11.2. The van der Waals surface area contributed by atoms with Crippen LogP contribution < -0.4 is 10.6 Å². The van der Waals surface area contributed by atoms with Crippen molar-refractivity contribution >= 4 is 23.5 Å². The molecule has 1 aromatic heterocycles. The van der Waals surface area contributed by atoms with Crippen LogP contribution in [0.3, 0.4) is 0 Å². The van der Waals surface area contributed by atoms with Crippen LogP contribution in [0.4, 0.5) is 10.1 Å². The number of amides is 1. The molecule has 33 heavy (non-hydrogen) atoms. The first-order valence-corrected chi connectivity index (χ1v) is 10.3. The van der Waals surface area contributed by atoms with Crippen molar-refractivity contribution in [2.45, 2.75) is 20.3 Å². The van der Waals surface area contributed by atoms with Crippen molar-refractivity contribution in [3.63, 3.8) is 0 Å². The summed E-state index contributed by atoms with van der Waals surface area (Å²) in [4.78, 5) is 29.0. The van der Waals surface area contributed by atoms with Crippen molar-refractivity contribution in [3.05, 3.63) is 82.4 Å². The number of ether oxygens (including phenoxy) is 1. The van der Waals surface area contributed by atoms with Gasteiger partial charge in [-0.15, -0.1) is 0 Å². The molecule has 0 fully saturated rings. The standard InChI is InChI=1S/C24H26FN5O3/c1-15-21(16(2)30(3)29-15)11-12-26-24(28-22(31)17-7-5-9-19(25)13-17)27-20-10-6-8-18(14-20)23(32)33-4/h5-10,13-14H,11-12H2,1-4H3,(H2,26,27,28,31). The molecular weight excluding hydrogens is 425 g/mol. The van der Waals surface area contributed by atoms with Gasteiger partial charge in [0.1, 0.15) is 5.82 Å². The summed E-state index contributed by atoms with van der Waals surface area (Å²) in [5, 5.41) is 10.1. The van der Waals surface area contributed by atoms with Gasteiger partial charge in [-0.3, -0.25) is 19.8 Å². The number of rotatable bonds is 6. The molecule has 2 N–H and O–H groups in total. The number of nitrogens with zero attached hydrogens (tertiary/aromatic N) is 3. The van der Waals surface area contributed by atoms with Gasteiger partial charge in [-0.2, -0.15) is 5.10 Å². The van der Waals surface area contributed by atoms with E-state index in [1.807, 2.05) is 25.6 Å². The topological polar surface area (TPSA) is 97.6 Å². The number of carbonyl (C=O) groups excluding carboxylic acids is 2. The molecule has 2 aromatic carbocycles. The molecule has 0 aliphatic rings. The summed E-state index contributed by atoms with van der Waals surface area (Å²) in [6.07, 6.45) is 0.620. The first-order valence-electron chi connectivity index (χ1n) is 10.3. The van der Waals surface area contributed by atoms with Crippen LogP contribution in [0.2, 0.25) is 0 Å². The van der Waals surface area contributed by atoms with Crippen LogP contribution in [0.15, 0.2) is 53.5 Å². The number of aryl methyl sites for hydroxylation is 2. The Morgan fingerprint density at radius 3 is 2.52 bits per heavy atom. The maximum atomic E-state index is 13.6. The summed E-state index contributed by atoms with van der Waals surface area (Å²) < 4.78 is 20.1. The van der Waals surface area contributed by atoms with Gasteiger partial charge in [-0.1, -0.05) is 12.1 Å². The van der Waals surface area contributed by atoms with Crippen LogP contribution in [-0.4, -0.2) is 41.3 Å². The van der Waals surface area contributed by atoms with Crippen LogP contribution in [0.1, 0.15) is 37.7 Å². The lowest BCUT2D eigenvalue weighted by Crippen LogP contribution is -2.36. The second kappa shape index (κ2) is 10.5. The van der Waals surface area contributed by atoms with E-state index in [0.717, 1.165) is 23.0 Å². The van der Waals surface area contributed by atoms with E-state index in [4.69, 9.17) is 4.74 Å². The maximum Gasteiger partial charge on any atom is 0.337 e. The number of halogens is 1. The van der Waals surface area contributed by atoms with Gasteiger partial charge < -0.3 is 10.1 Å². The summed E-state index contributed by atoms with van der Waals surface area (Å²) in [6.45, 7) is 4.30. The number of hydrogen-bond donors (Lipinski definition) is 2. The Morgan fingerprint density at radius 1 is 1.12 bits per heavy atom. The number of carbonyl (C=O) groups is 2. The highest BCUT2D eigenvalue weighted by molar-refractivity contribution is 6.10. The minimum absolute atomic E-state index is 0.159. The Labute approximate surface area is 191 Å². The predicted molar refractivity (Wildman–Crippen MR) is 124 cm³/mol. The monoisotopic (exact) mass is 451 g/mol. The van der Waals surface area contributed by atoms with E-state index in [2.05, 4.69) is 20.7 Å². The Kier molecular flexibility index (Phi) is 7.55. The van der Waals surface area contributed by atoms with E-state index >= 15 is 0 Å². The fourth-order valence-electron chi connectivity index (χ4n) is 3.36. The molecule has 1 amide bonds. The lowest BCUT2D eigenvalue weighted by molar-refractivity contribution is 0.0600. The Hall–Kier alpha value is -4.01. The Balaban J connectivity index is 1.83. The summed E-state index contributed by atoms with van der Waals surface area (Å²) in [5.41, 5.74) is 4.10. The van der Waals surface area contributed by atoms with Gasteiger partial charge in [0.15, 0.2) is 0 Å². The van der Waals surface area contributed by atoms with Gasteiger partial charge in [0.05, 0.1) is 18.4 Å². The average Bonchev–Trinajstić information content (AvgIpc) is 3.04. The van der Waals surface area contributed by atoms with E-state index in [1.54, 1.807) is 24.3 Å². The smallest absolute Gasteiger partial charge is 0.337 e. The van der Waals surface area contributed by atoms with Crippen molar-refractivity contribution in [1.29, 1.82) is 0 Å². The number of aromatic nitrogens is 2. The first kappa shape index (κ1) is 23.6. The Bertz CT molecular complexity index is 1200. The second-order valence-corrected chi connectivity index (χ2v) is 7.42. The number of esters is 1. The lowest BCUT2D eigenvalue weighted by Gasteiger charge is -2.13. The molecule has 0 spiro atoms. The first-order chi connectivity index (χ1) is 15.8. The molecule has 172 valence electrons. The molecule has 0 aliphatic heterocycles. The van der Waals surface area contributed by atoms with E-state index in [0.29, 0.717) is 24.2 Å². The second-order valence-electron chi connectivity index (χ2n) is 7.42. The average molecular weight is 452 g/mol. The number of anilines is 1. The number of methoxy groups -OCH3 is 1. The fourth-order valence-corrected chi connectivity index (χ4v) is 3.36. The third-order valence-corrected chi connectivity index (χ3v) is 5.16. The number of aliphatic imine (C=N–C) groups is 1. The molecule has 0 atom stereocenters. The van der Waals surface area contributed by atoms with Crippen LogP contribution in [0.5, 0.6) is 0 Å². The molecule has 3 rings (SSSR count). The van der Waals surface area contributed by atoms with Crippen molar-refractivity contribution in [2.24, 2.45) is 12.0 Å². The van der Waals surface area contributed by atoms with Crippen LogP contribution in [0.25, 0.3) is 0 Å². The molecule has 3 aromatic rings. The van der Waals surface area contributed by atoms with Gasteiger partial charge in [0, 0.05) is 30.5 Å². The van der Waals surface area contributed by atoms with E-state index in [1.165, 1.54) is 25.3 Å². The maximum absolute atomic E-state index is 13.6. The third kappa shape index (κ3) is 6.03. The van der Waals surface area contributed by atoms with Crippen molar-refractivity contribution in [3.8, 4) is 0 Å². The van der Waals surface area contributed by atoms with Crippen molar-refractivity contribution < 1.29 is 18.7 Å². The minimum atomic E-state index is -0.515. The molecule has 8 nitrogen and oxygen atoms in total. The zero-order valence-electron chi connectivity index (χ0n) is 19.0. The number of benzene rings is 2. The van der Waals surface area contributed by atoms with Gasteiger partial charge >= 0.3 is 5.97 Å². The summed E-state index contributed by atoms with van der Waals surface area (Å²) in [6, 6.07) is 12.0. The van der Waals surface area contributed by atoms with Crippen molar-refractivity contribution in [1.82, 2.24) is 15.1 Å². The van der Waals surface area contributed by atoms with Crippen LogP contribution in [0, 0.1) is 19.7 Å². The highest BCUT2D eigenvalue weighted by Gasteiger charge is 2.13. The number of guanidine groups is 1. The zero-order valence-corrected chi connectivity index (χ0v) is 19.0. The van der Waals surface area contributed by atoms with E-state index in [9.17, 15) is 14.0 Å². The molecule has 9 heteroatoms. The molecule has 0 saturated carbocycles. The predicted octanol–water partition coefficient (Wildman–Crippen LogP) is 3.40. The van der Waals surface area contributed by atoms with Gasteiger partial charge in [-0.05, 0) is 62.2 Å². The van der Waals surface area contributed by atoms with Gasteiger partial charge in [0.2, 0.25) is 5.96 Å². The quantitative estimate of drug-likeness (QED) is 0.340. The number of hydrogen-bond acceptors (Lipinski definition) is 5. The molecule has 0 radical (unpaired) electrons. The molecule has 0 aliphatic carbocycles. The fraction of sp³-hybridized carbons (Fsp3) is 0.250. The van der Waals surface area contributed by atoms with Gasteiger partial charge in [-0.25, -0.2) is 9.18 Å². The molecule has 1 heterocycles. The molecule has 0 bridgehead atoms. The molecule has 0 saturated heterocycles. The molecule has 0 unspecified atom stereocenters. The Morgan fingerprint density at radius 2 is 1.85 bits per heavy atom. The highest BCUT2D eigenvalue weighted by atomic mass is 19.1. The summed E-state index contributed by atoms with van der Waals surface area (Å²) in [7, 11) is 3.19. The SMILES string of the molecule is COC(=O)c1cccc(NC(=NCCc2c(C)nn(C)c2C)NC(=O)c2cccc(F)c2)c1. The zero-order chi connectivity index (χ0) is 24.0.